The molecule has 92 valence electrons. The Bertz CT molecular complexity index is 265. The van der Waals surface area contributed by atoms with Crippen LogP contribution in [0.3, 0.4) is 0 Å². The molecule has 0 aromatic heterocycles. The van der Waals surface area contributed by atoms with Crippen molar-refractivity contribution < 1.29 is 9.53 Å². The van der Waals surface area contributed by atoms with Crippen LogP contribution in [0.1, 0.15) is 20.3 Å². The molecule has 4 nitrogen and oxygen atoms in total. The molecule has 2 amide bonds. The summed E-state index contributed by atoms with van der Waals surface area (Å²) in [5.74, 6) is 1.03. The lowest BCUT2D eigenvalue weighted by atomic mass is 10.2. The molecule has 0 aliphatic carbocycles. The number of carbonyl (C=O) groups is 1. The molecule has 0 spiro atoms. The van der Waals surface area contributed by atoms with Gasteiger partial charge in [-0.05, 0) is 20.3 Å². The molecule has 2 aliphatic heterocycles. The Hall–Kier alpha value is -0.420. The molecule has 5 heteroatoms. The predicted octanol–water partition coefficient (Wildman–Crippen LogP) is 1.31. The van der Waals surface area contributed by atoms with Crippen LogP contribution in [0.2, 0.25) is 0 Å². The fourth-order valence-electron chi connectivity index (χ4n) is 2.10. The topological polar surface area (TPSA) is 41.6 Å². The highest BCUT2D eigenvalue weighted by atomic mass is 32.2. The van der Waals surface area contributed by atoms with Crippen LogP contribution in [-0.2, 0) is 4.74 Å². The van der Waals surface area contributed by atoms with Gasteiger partial charge in [-0.3, -0.25) is 0 Å². The number of hydrogen-bond acceptors (Lipinski definition) is 3. The molecule has 0 radical (unpaired) electrons. The number of ether oxygens (including phenoxy) is 1. The third-order valence-electron chi connectivity index (χ3n) is 2.97. The van der Waals surface area contributed by atoms with Crippen LogP contribution in [-0.4, -0.2) is 53.8 Å². The van der Waals surface area contributed by atoms with Crippen LogP contribution >= 0.6 is 11.8 Å². The largest absolute Gasteiger partial charge is 0.379 e. The maximum Gasteiger partial charge on any atom is 0.317 e. The number of amides is 2. The lowest BCUT2D eigenvalue weighted by Gasteiger charge is -2.37. The van der Waals surface area contributed by atoms with Crippen molar-refractivity contribution >= 4 is 17.8 Å². The Balaban J connectivity index is 1.84. The van der Waals surface area contributed by atoms with Gasteiger partial charge in [-0.1, -0.05) is 0 Å². The second-order valence-corrected chi connectivity index (χ2v) is 6.84. The maximum absolute atomic E-state index is 12.0. The Morgan fingerprint density at radius 3 is 3.00 bits per heavy atom. The van der Waals surface area contributed by atoms with Gasteiger partial charge in [-0.15, -0.1) is 0 Å². The fraction of sp³-hybridized carbons (Fsp3) is 0.909. The van der Waals surface area contributed by atoms with E-state index in [0.29, 0.717) is 6.61 Å². The number of thioether (sulfide) groups is 1. The number of nitrogens with zero attached hydrogens (tertiary/aromatic N) is 1. The van der Waals surface area contributed by atoms with Crippen molar-refractivity contribution in [1.82, 2.24) is 10.2 Å². The molecule has 2 rings (SSSR count). The van der Waals surface area contributed by atoms with E-state index >= 15 is 0 Å². The van der Waals surface area contributed by atoms with E-state index in [4.69, 9.17) is 4.74 Å². The third kappa shape index (κ3) is 3.04. The molecule has 2 fully saturated rings. The minimum absolute atomic E-state index is 0.0730. The van der Waals surface area contributed by atoms with Gasteiger partial charge in [0.15, 0.2) is 0 Å². The van der Waals surface area contributed by atoms with Crippen LogP contribution in [0.25, 0.3) is 0 Å². The van der Waals surface area contributed by atoms with Crippen LogP contribution < -0.4 is 5.32 Å². The highest BCUT2D eigenvalue weighted by Crippen LogP contribution is 2.29. The molecule has 0 aromatic carbocycles. The van der Waals surface area contributed by atoms with Gasteiger partial charge in [0.1, 0.15) is 0 Å². The minimum atomic E-state index is 0.0730. The number of nitrogens with one attached hydrogen (secondary N) is 1. The summed E-state index contributed by atoms with van der Waals surface area (Å²) in [7, 11) is 0. The van der Waals surface area contributed by atoms with Crippen molar-refractivity contribution in [3.8, 4) is 0 Å². The molecule has 1 N–H and O–H groups in total. The van der Waals surface area contributed by atoms with Crippen molar-refractivity contribution in [3.63, 3.8) is 0 Å². The number of rotatable bonds is 1. The van der Waals surface area contributed by atoms with E-state index in [2.05, 4.69) is 19.2 Å². The summed E-state index contributed by atoms with van der Waals surface area (Å²) < 4.78 is 5.43. The molecule has 0 aromatic rings. The van der Waals surface area contributed by atoms with Crippen LogP contribution in [0.15, 0.2) is 0 Å². The average Bonchev–Trinajstić information content (AvgIpc) is 2.69. The Labute approximate surface area is 101 Å². The summed E-state index contributed by atoms with van der Waals surface area (Å²) in [5, 5.41) is 3.04. The van der Waals surface area contributed by atoms with Crippen LogP contribution in [0, 0.1) is 0 Å². The predicted molar refractivity (Wildman–Crippen MR) is 65.9 cm³/mol. The summed E-state index contributed by atoms with van der Waals surface area (Å²) in [6.45, 7) is 7.50. The Kier molecular flexibility index (Phi) is 3.64. The van der Waals surface area contributed by atoms with E-state index in [0.717, 1.165) is 31.9 Å². The van der Waals surface area contributed by atoms with E-state index in [1.54, 1.807) is 0 Å². The molecular weight excluding hydrogens is 224 g/mol. The quantitative estimate of drug-likeness (QED) is 0.756. The normalized spacial score (nSPS) is 29.1. The summed E-state index contributed by atoms with van der Waals surface area (Å²) in [4.78, 5) is 13.9. The van der Waals surface area contributed by atoms with Gasteiger partial charge in [-0.2, -0.15) is 11.8 Å². The Morgan fingerprint density at radius 2 is 2.38 bits per heavy atom. The van der Waals surface area contributed by atoms with E-state index in [1.165, 1.54) is 0 Å². The SMILES string of the molecule is CC1(C)CN(C(=O)NC2CCOC2)CCS1. The zero-order chi connectivity index (χ0) is 11.6. The van der Waals surface area contributed by atoms with Crippen molar-refractivity contribution in [1.29, 1.82) is 0 Å². The minimum Gasteiger partial charge on any atom is -0.379 e. The van der Waals surface area contributed by atoms with E-state index < -0.39 is 0 Å². The zero-order valence-corrected chi connectivity index (χ0v) is 10.8. The van der Waals surface area contributed by atoms with Gasteiger partial charge in [0.05, 0.1) is 12.6 Å². The van der Waals surface area contributed by atoms with Gasteiger partial charge in [-0.25, -0.2) is 4.79 Å². The summed E-state index contributed by atoms with van der Waals surface area (Å²) in [6, 6.07) is 0.286. The van der Waals surface area contributed by atoms with Gasteiger partial charge < -0.3 is 15.0 Å². The standard InChI is InChI=1S/C11H20N2O2S/c1-11(2)8-13(4-6-16-11)10(14)12-9-3-5-15-7-9/h9H,3-8H2,1-2H3,(H,12,14). The number of carbonyl (C=O) groups excluding carboxylic acids is 1. The fourth-order valence-corrected chi connectivity index (χ4v) is 3.22. The first-order valence-corrected chi connectivity index (χ1v) is 6.82. The summed E-state index contributed by atoms with van der Waals surface area (Å²) in [5.41, 5.74) is 0. The first-order chi connectivity index (χ1) is 7.57. The van der Waals surface area contributed by atoms with Gasteiger partial charge in [0, 0.05) is 30.2 Å². The molecule has 2 aliphatic rings. The van der Waals surface area contributed by atoms with Crippen molar-refractivity contribution in [2.24, 2.45) is 0 Å². The van der Waals surface area contributed by atoms with E-state index in [9.17, 15) is 4.79 Å². The molecule has 1 unspecified atom stereocenters. The lowest BCUT2D eigenvalue weighted by molar-refractivity contribution is 0.176. The summed E-state index contributed by atoms with van der Waals surface area (Å²) >= 11 is 1.94. The van der Waals surface area contributed by atoms with Crippen LogP contribution in [0.4, 0.5) is 4.79 Å². The molecule has 0 bridgehead atoms. The van der Waals surface area contributed by atoms with Gasteiger partial charge >= 0.3 is 6.03 Å². The van der Waals surface area contributed by atoms with Crippen LogP contribution in [0.5, 0.6) is 0 Å². The Morgan fingerprint density at radius 1 is 1.56 bits per heavy atom. The van der Waals surface area contributed by atoms with Crippen molar-refractivity contribution in [2.45, 2.75) is 31.1 Å². The highest BCUT2D eigenvalue weighted by Gasteiger charge is 2.30. The molecule has 2 saturated heterocycles. The smallest absolute Gasteiger partial charge is 0.317 e. The molecule has 16 heavy (non-hydrogen) atoms. The second kappa shape index (κ2) is 4.84. The zero-order valence-electron chi connectivity index (χ0n) is 9.99. The first-order valence-electron chi connectivity index (χ1n) is 5.84. The van der Waals surface area contributed by atoms with E-state index in [-0.39, 0.29) is 16.8 Å². The lowest BCUT2D eigenvalue weighted by Crippen LogP contribution is -2.52. The van der Waals surface area contributed by atoms with Gasteiger partial charge in [0.2, 0.25) is 0 Å². The van der Waals surface area contributed by atoms with Gasteiger partial charge in [0.25, 0.3) is 0 Å². The third-order valence-corrected chi connectivity index (χ3v) is 4.27. The maximum atomic E-state index is 12.0. The van der Waals surface area contributed by atoms with Crippen molar-refractivity contribution in [3.05, 3.63) is 0 Å². The molecule has 0 saturated carbocycles. The number of hydrogen-bond donors (Lipinski definition) is 1. The molecule has 2 heterocycles. The summed E-state index contributed by atoms with van der Waals surface area (Å²) in [6.07, 6.45) is 0.942. The molecular formula is C11H20N2O2S. The second-order valence-electron chi connectivity index (χ2n) is 5.04. The molecule has 1 atom stereocenters. The highest BCUT2D eigenvalue weighted by molar-refractivity contribution is 8.00. The first kappa shape index (κ1) is 12.0. The van der Waals surface area contributed by atoms with E-state index in [1.807, 2.05) is 16.7 Å². The number of urea groups is 1. The average molecular weight is 244 g/mol. The monoisotopic (exact) mass is 244 g/mol. The van der Waals surface area contributed by atoms with Crippen molar-refractivity contribution in [2.75, 3.05) is 32.1 Å².